The van der Waals surface area contributed by atoms with E-state index in [4.69, 9.17) is 4.74 Å². The average Bonchev–Trinajstić information content (AvgIpc) is 3.31. The molecule has 3 saturated heterocycles. The molecule has 4 fully saturated rings. The molecule has 48 heavy (non-hydrogen) atoms. The highest BCUT2D eigenvalue weighted by Gasteiger charge is 2.48. The summed E-state index contributed by atoms with van der Waals surface area (Å²) in [4.78, 5) is 43.0. The van der Waals surface area contributed by atoms with Crippen molar-refractivity contribution in [3.05, 3.63) is 42.1 Å². The molecular weight excluding hydrogens is 613 g/mol. The number of β-amino-alcohol motifs (C(OH)–C–C–N with tert-alkyl or cyclic N) is 1. The Bertz CT molecular complexity index is 1470. The average molecular weight is 666 g/mol. The number of hydrogen-bond donors (Lipinski definition) is 2. The number of aromatic nitrogens is 2. The van der Waals surface area contributed by atoms with Gasteiger partial charge in [-0.05, 0) is 110 Å². The van der Waals surface area contributed by atoms with Crippen LogP contribution in [0.3, 0.4) is 0 Å². The number of rotatable bonds is 10. The summed E-state index contributed by atoms with van der Waals surface area (Å²) in [6.45, 7) is 15.8. The quantitative estimate of drug-likeness (QED) is 0.368. The number of aliphatic hydroxyl groups is 1. The highest BCUT2D eigenvalue weighted by Crippen LogP contribution is 2.45. The number of carbonyl (C=O) groups excluding carboxylic acids is 2. The standard InChI is InChI=1S/C36H52FN7O4/c1-6-44(25(2)3)32(45)28-17-27(37)7-8-29(28)48-30-18-38-24-39-31(30)42-21-35(22-42)13-15-41(16-14-35)19-26-9-11-36(12-10-26)23-43(33(46)40-36)20-34(4,5)47/h7-8,17-18,24-26,47H,6,9-16,19-23H2,1-5H3,(H,40,46). The second-order valence-corrected chi connectivity index (χ2v) is 15.6. The van der Waals surface area contributed by atoms with Crippen molar-refractivity contribution in [1.29, 1.82) is 0 Å². The first-order chi connectivity index (χ1) is 22.8. The molecule has 12 heteroatoms. The van der Waals surface area contributed by atoms with E-state index in [-0.39, 0.29) is 40.2 Å². The van der Waals surface area contributed by atoms with Gasteiger partial charge in [0.05, 0.1) is 29.4 Å². The molecule has 0 radical (unpaired) electrons. The van der Waals surface area contributed by atoms with Crippen LogP contribution in [0.4, 0.5) is 15.0 Å². The normalized spacial score (nSPS) is 24.2. The number of piperidine rings is 1. The van der Waals surface area contributed by atoms with Crippen LogP contribution in [0.1, 0.15) is 83.5 Å². The van der Waals surface area contributed by atoms with Crippen molar-refractivity contribution in [3.8, 4) is 11.5 Å². The topological polar surface area (TPSA) is 114 Å². The molecule has 0 unspecified atom stereocenters. The van der Waals surface area contributed by atoms with Crippen molar-refractivity contribution >= 4 is 17.8 Å². The lowest BCUT2D eigenvalue weighted by molar-refractivity contribution is 0.0462. The van der Waals surface area contributed by atoms with Crippen molar-refractivity contribution in [2.45, 2.75) is 90.3 Å². The predicted molar refractivity (Wildman–Crippen MR) is 182 cm³/mol. The molecule has 2 aromatic rings. The summed E-state index contributed by atoms with van der Waals surface area (Å²) in [5.41, 5.74) is -0.625. The largest absolute Gasteiger partial charge is 0.451 e. The summed E-state index contributed by atoms with van der Waals surface area (Å²) in [5.74, 6) is 1.30. The molecule has 6 rings (SSSR count). The van der Waals surface area contributed by atoms with Crippen LogP contribution in [-0.4, -0.2) is 111 Å². The number of carbonyl (C=O) groups is 2. The third-order valence-corrected chi connectivity index (χ3v) is 10.9. The Balaban J connectivity index is 1.01. The van der Waals surface area contributed by atoms with Crippen LogP contribution in [-0.2, 0) is 0 Å². The molecule has 3 amide bonds. The van der Waals surface area contributed by atoms with Crippen molar-refractivity contribution in [1.82, 2.24) is 30.0 Å². The lowest BCUT2D eigenvalue weighted by atomic mass is 9.71. The SMILES string of the molecule is CCN(C(=O)c1cc(F)ccc1Oc1cncnc1N1CC2(CCN(CC3CCC4(CC3)CN(CC(C)(C)O)C(=O)N4)CC2)C1)C(C)C. The van der Waals surface area contributed by atoms with Gasteiger partial charge in [0.2, 0.25) is 0 Å². The van der Waals surface area contributed by atoms with Crippen molar-refractivity contribution in [3.63, 3.8) is 0 Å². The van der Waals surface area contributed by atoms with Crippen LogP contribution >= 0.6 is 0 Å². The highest BCUT2D eigenvalue weighted by molar-refractivity contribution is 5.97. The molecule has 262 valence electrons. The van der Waals surface area contributed by atoms with E-state index in [0.29, 0.717) is 37.1 Å². The third kappa shape index (κ3) is 7.39. The Kier molecular flexibility index (Phi) is 9.61. The fraction of sp³-hybridized carbons (Fsp3) is 0.667. The number of hydrogen-bond acceptors (Lipinski definition) is 8. The van der Waals surface area contributed by atoms with Gasteiger partial charge in [-0.1, -0.05) is 0 Å². The van der Waals surface area contributed by atoms with Gasteiger partial charge >= 0.3 is 6.03 Å². The van der Waals surface area contributed by atoms with Crippen molar-refractivity contribution < 1.29 is 23.8 Å². The molecule has 1 aromatic heterocycles. The summed E-state index contributed by atoms with van der Waals surface area (Å²) in [7, 11) is 0. The number of nitrogens with one attached hydrogen (secondary N) is 1. The van der Waals surface area contributed by atoms with Crippen LogP contribution in [0.15, 0.2) is 30.7 Å². The van der Waals surface area contributed by atoms with Crippen LogP contribution in [0.25, 0.3) is 0 Å². The van der Waals surface area contributed by atoms with Crippen molar-refractivity contribution in [2.75, 3.05) is 57.3 Å². The number of nitrogens with zero attached hydrogens (tertiary/aromatic N) is 6. The van der Waals surface area contributed by atoms with Gasteiger partial charge in [0.15, 0.2) is 11.6 Å². The smallest absolute Gasteiger partial charge is 0.318 e. The first-order valence-electron chi connectivity index (χ1n) is 17.6. The first-order valence-corrected chi connectivity index (χ1v) is 17.6. The Labute approximate surface area is 283 Å². The second kappa shape index (κ2) is 13.4. The van der Waals surface area contributed by atoms with E-state index in [2.05, 4.69) is 25.1 Å². The van der Waals surface area contributed by atoms with Gasteiger partial charge in [-0.15, -0.1) is 0 Å². The molecule has 1 aliphatic carbocycles. The van der Waals surface area contributed by atoms with Gasteiger partial charge < -0.3 is 34.8 Å². The Morgan fingerprint density at radius 2 is 1.85 bits per heavy atom. The number of urea groups is 1. The number of likely N-dealkylation sites (tertiary alicyclic amines) is 1. The van der Waals surface area contributed by atoms with E-state index in [9.17, 15) is 19.1 Å². The summed E-state index contributed by atoms with van der Waals surface area (Å²) < 4.78 is 20.6. The molecule has 0 atom stereocenters. The molecular formula is C36H52FN7O4. The fourth-order valence-electron chi connectivity index (χ4n) is 8.27. The number of amides is 3. The van der Waals surface area contributed by atoms with Crippen molar-refractivity contribution in [2.24, 2.45) is 11.3 Å². The Morgan fingerprint density at radius 1 is 1.15 bits per heavy atom. The van der Waals surface area contributed by atoms with Crippen LogP contribution < -0.4 is 15.0 Å². The van der Waals surface area contributed by atoms with Crippen LogP contribution in [0.2, 0.25) is 0 Å². The minimum atomic E-state index is -0.895. The molecule has 4 heterocycles. The summed E-state index contributed by atoms with van der Waals surface area (Å²) >= 11 is 0. The monoisotopic (exact) mass is 665 g/mol. The van der Waals surface area contributed by atoms with Crippen LogP contribution in [0.5, 0.6) is 11.5 Å². The minimum Gasteiger partial charge on any atom is -0.451 e. The fourth-order valence-corrected chi connectivity index (χ4v) is 8.27. The zero-order valence-electron chi connectivity index (χ0n) is 29.2. The molecule has 0 bridgehead atoms. The van der Waals surface area contributed by atoms with E-state index < -0.39 is 11.4 Å². The number of halogens is 1. The maximum absolute atomic E-state index is 14.3. The molecule has 2 N–H and O–H groups in total. The van der Waals surface area contributed by atoms with E-state index in [1.165, 1.54) is 24.5 Å². The molecule has 11 nitrogen and oxygen atoms in total. The summed E-state index contributed by atoms with van der Waals surface area (Å²) in [6.07, 6.45) is 9.58. The van der Waals surface area contributed by atoms with Gasteiger partial charge in [-0.25, -0.2) is 19.2 Å². The highest BCUT2D eigenvalue weighted by atomic mass is 19.1. The summed E-state index contributed by atoms with van der Waals surface area (Å²) in [6, 6.07) is 3.96. The van der Waals surface area contributed by atoms with Gasteiger partial charge in [-0.2, -0.15) is 0 Å². The second-order valence-electron chi connectivity index (χ2n) is 15.6. The van der Waals surface area contributed by atoms with E-state index in [1.807, 2.05) is 20.8 Å². The molecule has 4 aliphatic rings. The van der Waals surface area contributed by atoms with Crippen LogP contribution in [0, 0.1) is 17.2 Å². The molecule has 3 aliphatic heterocycles. The minimum absolute atomic E-state index is 0.0359. The lowest BCUT2D eigenvalue weighted by Crippen LogP contribution is -2.61. The zero-order chi connectivity index (χ0) is 34.3. The van der Waals surface area contributed by atoms with E-state index in [1.54, 1.807) is 29.8 Å². The Hall–Kier alpha value is -3.51. The molecule has 1 saturated carbocycles. The Morgan fingerprint density at radius 3 is 2.50 bits per heavy atom. The van der Waals surface area contributed by atoms with E-state index >= 15 is 0 Å². The number of ether oxygens (including phenoxy) is 1. The maximum atomic E-state index is 14.3. The van der Waals surface area contributed by atoms with Gasteiger partial charge in [0, 0.05) is 44.2 Å². The summed E-state index contributed by atoms with van der Waals surface area (Å²) in [5, 5.41) is 13.5. The van der Waals surface area contributed by atoms with Gasteiger partial charge in [0.25, 0.3) is 5.91 Å². The zero-order valence-corrected chi connectivity index (χ0v) is 29.2. The number of anilines is 1. The molecule has 1 aromatic carbocycles. The maximum Gasteiger partial charge on any atom is 0.318 e. The lowest BCUT2D eigenvalue weighted by Gasteiger charge is -2.55. The number of benzene rings is 1. The third-order valence-electron chi connectivity index (χ3n) is 10.9. The molecule has 2 spiro atoms. The van der Waals surface area contributed by atoms with Gasteiger partial charge in [0.1, 0.15) is 17.9 Å². The van der Waals surface area contributed by atoms with Gasteiger partial charge in [-0.3, -0.25) is 4.79 Å². The first kappa shape index (κ1) is 34.4. The predicted octanol–water partition coefficient (Wildman–Crippen LogP) is 4.91. The van der Waals surface area contributed by atoms with E-state index in [0.717, 1.165) is 71.2 Å².